The number of nitrogens with zero attached hydrogens (tertiary/aromatic N) is 3. The Labute approximate surface area is 186 Å². The van der Waals surface area contributed by atoms with Crippen LogP contribution in [0.15, 0.2) is 36.7 Å². The van der Waals surface area contributed by atoms with Gasteiger partial charge in [0.25, 0.3) is 0 Å². The average molecular weight is 434 g/mol. The highest BCUT2D eigenvalue weighted by Gasteiger charge is 2.45. The van der Waals surface area contributed by atoms with Gasteiger partial charge in [0.1, 0.15) is 23.5 Å². The van der Waals surface area contributed by atoms with Crippen molar-refractivity contribution in [2.45, 2.75) is 38.1 Å². The lowest BCUT2D eigenvalue weighted by Crippen LogP contribution is -2.50. The highest BCUT2D eigenvalue weighted by Crippen LogP contribution is 2.53. The quantitative estimate of drug-likeness (QED) is 0.568. The van der Waals surface area contributed by atoms with Crippen LogP contribution >= 0.6 is 0 Å². The third-order valence-corrected chi connectivity index (χ3v) is 7.07. The molecule has 2 aliphatic rings. The molecule has 2 aromatic heterocycles. The Kier molecular flexibility index (Phi) is 4.80. The van der Waals surface area contributed by atoms with E-state index in [1.165, 1.54) is 11.9 Å². The average Bonchev–Trinajstić information content (AvgIpc) is 3.07. The Bertz CT molecular complexity index is 1220. The van der Waals surface area contributed by atoms with Crippen LogP contribution in [0.5, 0.6) is 5.75 Å². The maximum absolute atomic E-state index is 10.9. The van der Waals surface area contributed by atoms with Crippen molar-refractivity contribution in [2.75, 3.05) is 12.8 Å². The number of carbonyl (C=O) groups is 1. The molecule has 166 valence electrons. The largest absolute Gasteiger partial charge is 0.497 e. The van der Waals surface area contributed by atoms with E-state index in [1.54, 1.807) is 7.11 Å². The van der Waals surface area contributed by atoms with E-state index in [0.717, 1.165) is 65.7 Å². The minimum Gasteiger partial charge on any atom is -0.497 e. The first kappa shape index (κ1) is 20.4. The highest BCUT2D eigenvalue weighted by molar-refractivity contribution is 6.06. The number of aryl methyl sites for hydroxylation is 1. The zero-order chi connectivity index (χ0) is 22.5. The molecule has 4 N–H and O–H groups in total. The van der Waals surface area contributed by atoms with Crippen molar-refractivity contribution in [2.24, 2.45) is 12.5 Å². The van der Waals surface area contributed by atoms with E-state index in [-0.39, 0.29) is 11.5 Å². The fraction of sp³-hybridized carbons (Fsp3) is 0.375. The van der Waals surface area contributed by atoms with Gasteiger partial charge >= 0.3 is 6.09 Å². The van der Waals surface area contributed by atoms with E-state index in [9.17, 15) is 4.79 Å². The van der Waals surface area contributed by atoms with Crippen LogP contribution in [0.4, 0.5) is 10.6 Å². The molecule has 0 aliphatic heterocycles. The first-order valence-electron chi connectivity index (χ1n) is 10.8. The number of benzene rings is 1. The minimum atomic E-state index is -0.935. The smallest absolute Gasteiger partial charge is 0.404 e. The number of nitrogen functional groups attached to an aromatic ring is 1. The van der Waals surface area contributed by atoms with Gasteiger partial charge in [-0.25, -0.2) is 14.8 Å². The molecule has 1 spiro atoms. The predicted octanol–water partition coefficient (Wildman–Crippen LogP) is 4.21. The van der Waals surface area contributed by atoms with E-state index >= 15 is 0 Å². The number of methoxy groups -OCH3 is 1. The lowest BCUT2D eigenvalue weighted by molar-refractivity contribution is 0.0711. The normalized spacial score (nSPS) is 22.4. The van der Waals surface area contributed by atoms with E-state index in [2.05, 4.69) is 25.9 Å². The maximum atomic E-state index is 10.9. The Balaban J connectivity index is 1.55. The van der Waals surface area contributed by atoms with Crippen LogP contribution in [0.2, 0.25) is 0 Å². The first-order chi connectivity index (χ1) is 15.4. The molecule has 1 aromatic carbocycles. The number of allylic oxidation sites excluding steroid dienone is 2. The van der Waals surface area contributed by atoms with Crippen LogP contribution in [0, 0.1) is 5.41 Å². The molecule has 0 radical (unpaired) electrons. The molecular weight excluding hydrogens is 406 g/mol. The van der Waals surface area contributed by atoms with Crippen molar-refractivity contribution < 1.29 is 14.6 Å². The number of aromatic nitrogens is 3. The number of nitrogens with one attached hydrogen (secondary N) is 1. The van der Waals surface area contributed by atoms with Crippen LogP contribution in [-0.2, 0) is 7.05 Å². The van der Waals surface area contributed by atoms with Crippen molar-refractivity contribution in [3.05, 3.63) is 42.4 Å². The van der Waals surface area contributed by atoms with Gasteiger partial charge in [-0.3, -0.25) is 0 Å². The fourth-order valence-corrected chi connectivity index (χ4v) is 5.48. The molecule has 1 amide bonds. The summed E-state index contributed by atoms with van der Waals surface area (Å²) in [5, 5.41) is 12.5. The van der Waals surface area contributed by atoms with Gasteiger partial charge in [-0.05, 0) is 60.8 Å². The molecule has 5 rings (SSSR count). The third kappa shape index (κ3) is 3.26. The molecule has 0 saturated heterocycles. The maximum Gasteiger partial charge on any atom is 0.404 e. The van der Waals surface area contributed by atoms with Gasteiger partial charge < -0.3 is 25.5 Å². The van der Waals surface area contributed by atoms with Gasteiger partial charge in [-0.2, -0.15) is 0 Å². The number of carboxylic acid groups (broad SMARTS) is 1. The third-order valence-electron chi connectivity index (χ3n) is 7.07. The summed E-state index contributed by atoms with van der Waals surface area (Å²) in [4.78, 5) is 19.7. The van der Waals surface area contributed by atoms with E-state index in [0.29, 0.717) is 5.82 Å². The van der Waals surface area contributed by atoms with Crippen LogP contribution in [0.3, 0.4) is 0 Å². The van der Waals surface area contributed by atoms with Gasteiger partial charge in [0.2, 0.25) is 0 Å². The molecule has 2 aliphatic carbocycles. The topological polar surface area (TPSA) is 115 Å². The number of ether oxygens (including phenoxy) is 1. The summed E-state index contributed by atoms with van der Waals surface area (Å²) in [5.74, 6) is 1.27. The molecule has 2 heterocycles. The number of hydrogen-bond donors (Lipinski definition) is 3. The fourth-order valence-electron chi connectivity index (χ4n) is 5.48. The summed E-state index contributed by atoms with van der Waals surface area (Å²) >= 11 is 0. The monoisotopic (exact) mass is 433 g/mol. The van der Waals surface area contributed by atoms with Crippen LogP contribution < -0.4 is 15.8 Å². The van der Waals surface area contributed by atoms with Crippen molar-refractivity contribution >= 4 is 28.5 Å². The summed E-state index contributed by atoms with van der Waals surface area (Å²) in [6.45, 7) is 0. The Morgan fingerprint density at radius 1 is 1.28 bits per heavy atom. The van der Waals surface area contributed by atoms with Gasteiger partial charge in [-0.15, -0.1) is 0 Å². The van der Waals surface area contributed by atoms with Gasteiger partial charge in [-0.1, -0.05) is 18.2 Å². The number of nitrogens with two attached hydrogens (primary N) is 1. The second-order valence-corrected chi connectivity index (χ2v) is 8.96. The summed E-state index contributed by atoms with van der Waals surface area (Å²) in [5.41, 5.74) is 11.8. The number of amides is 1. The summed E-state index contributed by atoms with van der Waals surface area (Å²) in [7, 11) is 3.68. The lowest BCUT2D eigenvalue weighted by Gasteiger charge is -2.49. The van der Waals surface area contributed by atoms with Crippen LogP contribution in [0.25, 0.3) is 27.7 Å². The van der Waals surface area contributed by atoms with Gasteiger partial charge in [0.15, 0.2) is 0 Å². The highest BCUT2D eigenvalue weighted by atomic mass is 16.5. The minimum absolute atomic E-state index is 0.0741. The van der Waals surface area contributed by atoms with E-state index in [1.807, 2.05) is 31.3 Å². The molecular formula is C24H27N5O3. The number of anilines is 1. The molecule has 1 fully saturated rings. The molecule has 1 saturated carbocycles. The predicted molar refractivity (Wildman–Crippen MR) is 123 cm³/mol. The molecule has 0 atom stereocenters. The summed E-state index contributed by atoms with van der Waals surface area (Å²) in [6.07, 6.45) is 7.63. The molecule has 32 heavy (non-hydrogen) atoms. The molecule has 3 aromatic rings. The Morgan fingerprint density at radius 3 is 2.66 bits per heavy atom. The van der Waals surface area contributed by atoms with Crippen molar-refractivity contribution in [1.29, 1.82) is 0 Å². The Morgan fingerprint density at radius 2 is 2.03 bits per heavy atom. The van der Waals surface area contributed by atoms with Crippen LogP contribution in [0.1, 0.15) is 37.8 Å². The second kappa shape index (κ2) is 7.55. The summed E-state index contributed by atoms with van der Waals surface area (Å²) in [6, 6.07) is 8.06. The van der Waals surface area contributed by atoms with Gasteiger partial charge in [0, 0.05) is 18.7 Å². The van der Waals surface area contributed by atoms with E-state index in [4.69, 9.17) is 15.6 Å². The summed E-state index contributed by atoms with van der Waals surface area (Å²) < 4.78 is 7.45. The number of fused-ring (bicyclic) bond motifs is 1. The standard InChI is InChI=1S/C24H27N5O3/c1-29-20(15-7-9-24(10-8-15)11-16(12-24)28-23(30)31)18(14-3-5-17(32-2)6-4-14)19-21(25)26-13-27-22(19)29/h3-7,13,16,28H,8-12H2,1-2H3,(H,30,31)(H2,25,26,27). The van der Waals surface area contributed by atoms with Crippen molar-refractivity contribution in [1.82, 2.24) is 19.9 Å². The SMILES string of the molecule is COc1ccc(-c2c(C3=CCC4(CC3)CC(NC(=O)O)C4)n(C)c3ncnc(N)c23)cc1. The van der Waals surface area contributed by atoms with E-state index < -0.39 is 6.09 Å². The number of rotatable bonds is 4. The molecule has 8 heteroatoms. The second-order valence-electron chi connectivity index (χ2n) is 8.96. The molecule has 0 unspecified atom stereocenters. The lowest BCUT2D eigenvalue weighted by atomic mass is 9.59. The van der Waals surface area contributed by atoms with Gasteiger partial charge in [0.05, 0.1) is 18.2 Å². The number of hydrogen-bond acceptors (Lipinski definition) is 5. The molecule has 0 bridgehead atoms. The van der Waals surface area contributed by atoms with Crippen molar-refractivity contribution in [3.63, 3.8) is 0 Å². The Hall–Kier alpha value is -3.55. The molecule has 8 nitrogen and oxygen atoms in total. The zero-order valence-electron chi connectivity index (χ0n) is 18.3. The van der Waals surface area contributed by atoms with Crippen molar-refractivity contribution in [3.8, 4) is 16.9 Å². The zero-order valence-corrected chi connectivity index (χ0v) is 18.3. The first-order valence-corrected chi connectivity index (χ1v) is 10.8. The van der Waals surface area contributed by atoms with Crippen LogP contribution in [-0.4, -0.2) is 38.9 Å².